The molecule has 0 saturated carbocycles. The topological polar surface area (TPSA) is 65.8 Å². The predicted molar refractivity (Wildman–Crippen MR) is 126 cm³/mol. The molecule has 1 aromatic heterocycles. The highest BCUT2D eigenvalue weighted by Crippen LogP contribution is 2.36. The third-order valence-electron chi connectivity index (χ3n) is 5.51. The monoisotopic (exact) mass is 449 g/mol. The van der Waals surface area contributed by atoms with Gasteiger partial charge in [0.2, 0.25) is 0 Å². The summed E-state index contributed by atoms with van der Waals surface area (Å²) in [5.74, 6) is 2.25. The van der Waals surface area contributed by atoms with Gasteiger partial charge in [0.25, 0.3) is 0 Å². The van der Waals surface area contributed by atoms with Crippen LogP contribution >= 0.6 is 0 Å². The fourth-order valence-corrected chi connectivity index (χ4v) is 4.09. The minimum absolute atomic E-state index is 0.355. The molecule has 0 spiro atoms. The van der Waals surface area contributed by atoms with E-state index in [-0.39, 0.29) is 12.2 Å². The third-order valence-corrected chi connectivity index (χ3v) is 5.51. The van der Waals surface area contributed by atoms with Crippen molar-refractivity contribution in [1.82, 2.24) is 14.5 Å². The minimum Gasteiger partial charge on any atom is -0.496 e. The maximum Gasteiger partial charge on any atom is 0.411 e. The van der Waals surface area contributed by atoms with Crippen LogP contribution in [0.5, 0.6) is 11.5 Å². The molecule has 1 aliphatic rings. The van der Waals surface area contributed by atoms with Gasteiger partial charge in [-0.05, 0) is 52.0 Å². The van der Waals surface area contributed by atoms with Crippen molar-refractivity contribution >= 4 is 6.09 Å². The van der Waals surface area contributed by atoms with Gasteiger partial charge in [-0.1, -0.05) is 30.3 Å². The maximum absolute atomic E-state index is 13.2. The van der Waals surface area contributed by atoms with Gasteiger partial charge in [0.15, 0.2) is 0 Å². The van der Waals surface area contributed by atoms with Crippen molar-refractivity contribution in [3.63, 3.8) is 0 Å². The number of aromatic nitrogens is 2. The largest absolute Gasteiger partial charge is 0.496 e. The summed E-state index contributed by atoms with van der Waals surface area (Å²) in [6.45, 7) is 8.68. The van der Waals surface area contributed by atoms with Crippen molar-refractivity contribution in [1.29, 1.82) is 0 Å². The molecule has 0 radical (unpaired) electrons. The van der Waals surface area contributed by atoms with E-state index >= 15 is 0 Å². The van der Waals surface area contributed by atoms with Gasteiger partial charge in [-0.2, -0.15) is 0 Å². The second kappa shape index (κ2) is 9.17. The standard InChI is InChI=1S/C26H31N3O4/c1-18(32-19-11-7-6-8-12-19)23-24-27-21(20-13-9-10-14-22(20)31-5)17-28(24)15-16-29(23)25(30)33-26(2,3)4/h6-14,17-18,23H,15-16H2,1-5H3. The molecular weight excluding hydrogens is 418 g/mol. The van der Waals surface area contributed by atoms with Crippen LogP contribution in [0.1, 0.15) is 39.6 Å². The number of benzene rings is 2. The summed E-state index contributed by atoms with van der Waals surface area (Å²) in [5, 5.41) is 0. The van der Waals surface area contributed by atoms with E-state index in [1.807, 2.05) is 88.5 Å². The van der Waals surface area contributed by atoms with E-state index in [1.165, 1.54) is 0 Å². The second-order valence-corrected chi connectivity index (χ2v) is 9.13. The fraction of sp³-hybridized carbons (Fsp3) is 0.385. The second-order valence-electron chi connectivity index (χ2n) is 9.13. The van der Waals surface area contributed by atoms with E-state index in [2.05, 4.69) is 4.57 Å². The lowest BCUT2D eigenvalue weighted by Gasteiger charge is -2.39. The number of ether oxygens (including phenoxy) is 3. The van der Waals surface area contributed by atoms with Crippen molar-refractivity contribution in [2.24, 2.45) is 0 Å². The molecule has 0 bridgehead atoms. The Balaban J connectivity index is 1.72. The number of para-hydroxylation sites is 2. The predicted octanol–water partition coefficient (Wildman–Crippen LogP) is 5.32. The molecule has 2 unspecified atom stereocenters. The molecule has 0 N–H and O–H groups in total. The summed E-state index contributed by atoms with van der Waals surface area (Å²) in [5.41, 5.74) is 1.10. The van der Waals surface area contributed by atoms with E-state index in [0.717, 1.165) is 28.6 Å². The Hall–Kier alpha value is -3.48. The Morgan fingerprint density at radius 3 is 2.45 bits per heavy atom. The molecule has 1 aliphatic heterocycles. The first-order chi connectivity index (χ1) is 15.8. The molecule has 2 aromatic carbocycles. The Labute approximate surface area is 194 Å². The molecule has 0 saturated heterocycles. The average molecular weight is 450 g/mol. The van der Waals surface area contributed by atoms with Crippen molar-refractivity contribution < 1.29 is 19.0 Å². The number of carbonyl (C=O) groups excluding carboxylic acids is 1. The molecule has 7 nitrogen and oxygen atoms in total. The molecule has 1 amide bonds. The van der Waals surface area contributed by atoms with Crippen molar-refractivity contribution in [3.05, 3.63) is 66.6 Å². The first-order valence-corrected chi connectivity index (χ1v) is 11.2. The number of imidazole rings is 1. The first kappa shape index (κ1) is 22.7. The number of amides is 1. The number of nitrogens with zero attached hydrogens (tertiary/aromatic N) is 3. The number of fused-ring (bicyclic) bond motifs is 1. The zero-order chi connectivity index (χ0) is 23.6. The van der Waals surface area contributed by atoms with Crippen LogP contribution in [0.2, 0.25) is 0 Å². The Kier molecular flexibility index (Phi) is 6.31. The van der Waals surface area contributed by atoms with Gasteiger partial charge in [0.05, 0.1) is 12.8 Å². The average Bonchev–Trinajstić information content (AvgIpc) is 3.22. The molecule has 0 fully saturated rings. The van der Waals surface area contributed by atoms with Gasteiger partial charge in [0.1, 0.15) is 35.1 Å². The van der Waals surface area contributed by atoms with Crippen LogP contribution in [0.3, 0.4) is 0 Å². The van der Waals surface area contributed by atoms with Gasteiger partial charge < -0.3 is 18.8 Å². The number of hydrogen-bond donors (Lipinski definition) is 0. The summed E-state index contributed by atoms with van der Waals surface area (Å²) in [4.78, 5) is 19.8. The van der Waals surface area contributed by atoms with Crippen LogP contribution in [0.4, 0.5) is 4.79 Å². The highest BCUT2D eigenvalue weighted by Gasteiger charge is 2.40. The molecule has 33 heavy (non-hydrogen) atoms. The van der Waals surface area contributed by atoms with Crippen LogP contribution in [0, 0.1) is 0 Å². The van der Waals surface area contributed by atoms with Crippen LogP contribution < -0.4 is 9.47 Å². The molecule has 0 aliphatic carbocycles. The van der Waals surface area contributed by atoms with Crippen molar-refractivity contribution in [3.8, 4) is 22.8 Å². The normalized spacial score (nSPS) is 16.6. The molecular formula is C26H31N3O4. The summed E-state index contributed by atoms with van der Waals surface area (Å²) in [7, 11) is 1.65. The fourth-order valence-electron chi connectivity index (χ4n) is 4.09. The molecule has 2 atom stereocenters. The summed E-state index contributed by atoms with van der Waals surface area (Å²) in [6.07, 6.45) is 1.29. The lowest BCUT2D eigenvalue weighted by Crippen LogP contribution is -2.49. The van der Waals surface area contributed by atoms with Crippen LogP contribution in [-0.2, 0) is 11.3 Å². The lowest BCUT2D eigenvalue weighted by molar-refractivity contribution is -0.00817. The zero-order valence-corrected chi connectivity index (χ0v) is 19.8. The molecule has 4 rings (SSSR count). The number of methoxy groups -OCH3 is 1. The molecule has 2 heterocycles. The Morgan fingerprint density at radius 1 is 1.06 bits per heavy atom. The number of carbonyl (C=O) groups is 1. The van der Waals surface area contributed by atoms with Crippen molar-refractivity contribution in [2.75, 3.05) is 13.7 Å². The van der Waals surface area contributed by atoms with E-state index < -0.39 is 11.6 Å². The van der Waals surface area contributed by atoms with Crippen molar-refractivity contribution in [2.45, 2.75) is 52.0 Å². The van der Waals surface area contributed by atoms with E-state index in [9.17, 15) is 4.79 Å². The number of hydrogen-bond acceptors (Lipinski definition) is 5. The number of rotatable bonds is 5. The van der Waals surface area contributed by atoms with Gasteiger partial charge in [-0.25, -0.2) is 9.78 Å². The van der Waals surface area contributed by atoms with Gasteiger partial charge in [0, 0.05) is 24.8 Å². The molecule has 7 heteroatoms. The zero-order valence-electron chi connectivity index (χ0n) is 19.8. The smallest absolute Gasteiger partial charge is 0.411 e. The SMILES string of the molecule is COc1ccccc1-c1cn2c(n1)C(C(C)Oc1ccccc1)N(C(=O)OC(C)(C)C)CC2. The van der Waals surface area contributed by atoms with Gasteiger partial charge >= 0.3 is 6.09 Å². The van der Waals surface area contributed by atoms with Crippen LogP contribution in [0.15, 0.2) is 60.8 Å². The quantitative estimate of drug-likeness (QED) is 0.528. The van der Waals surface area contributed by atoms with E-state index in [4.69, 9.17) is 19.2 Å². The Bertz CT molecular complexity index is 1100. The third kappa shape index (κ3) is 4.97. The van der Waals surface area contributed by atoms with Gasteiger partial charge in [-0.3, -0.25) is 4.90 Å². The highest BCUT2D eigenvalue weighted by atomic mass is 16.6. The lowest BCUT2D eigenvalue weighted by atomic mass is 10.1. The minimum atomic E-state index is -0.597. The van der Waals surface area contributed by atoms with E-state index in [0.29, 0.717) is 13.1 Å². The maximum atomic E-state index is 13.2. The molecule has 3 aromatic rings. The highest BCUT2D eigenvalue weighted by molar-refractivity contribution is 5.70. The first-order valence-electron chi connectivity index (χ1n) is 11.2. The van der Waals surface area contributed by atoms with Crippen LogP contribution in [0.25, 0.3) is 11.3 Å². The summed E-state index contributed by atoms with van der Waals surface area (Å²) < 4.78 is 19.6. The van der Waals surface area contributed by atoms with E-state index in [1.54, 1.807) is 12.0 Å². The summed E-state index contributed by atoms with van der Waals surface area (Å²) in [6, 6.07) is 17.0. The molecule has 174 valence electrons. The Morgan fingerprint density at radius 2 is 1.76 bits per heavy atom. The van der Waals surface area contributed by atoms with Gasteiger partial charge in [-0.15, -0.1) is 0 Å². The summed E-state index contributed by atoms with van der Waals surface area (Å²) >= 11 is 0. The van der Waals surface area contributed by atoms with Crippen LogP contribution in [-0.4, -0.2) is 45.9 Å².